The van der Waals surface area contributed by atoms with Crippen molar-refractivity contribution in [2.45, 2.75) is 0 Å². The number of fused-ring (bicyclic) bond motifs is 8. The molecule has 4 heterocycles. The van der Waals surface area contributed by atoms with Crippen molar-refractivity contribution in [2.75, 3.05) is 4.90 Å². The van der Waals surface area contributed by atoms with Gasteiger partial charge in [-0.2, -0.15) is 0 Å². The van der Waals surface area contributed by atoms with Crippen molar-refractivity contribution < 1.29 is 13.3 Å². The molecule has 0 saturated heterocycles. The second-order valence-corrected chi connectivity index (χ2v) is 18.0. The highest BCUT2D eigenvalue weighted by Crippen LogP contribution is 2.46. The van der Waals surface area contributed by atoms with Crippen LogP contribution in [-0.2, 0) is 0 Å². The van der Waals surface area contributed by atoms with Crippen LogP contribution in [0.25, 0.3) is 121 Å². The zero-order valence-electron chi connectivity index (χ0n) is 37.6. The summed E-state index contributed by atoms with van der Waals surface area (Å²) in [7, 11) is 0. The van der Waals surface area contributed by atoms with Crippen LogP contribution in [0.1, 0.15) is 0 Å². The lowest BCUT2D eigenvalue weighted by atomic mass is 9.93. The van der Waals surface area contributed by atoms with E-state index in [0.717, 1.165) is 138 Å². The Hall–Kier alpha value is -9.52. The minimum atomic E-state index is 0.770. The Kier molecular flexibility index (Phi) is 8.26. The summed E-state index contributed by atoms with van der Waals surface area (Å²) in [6, 6.07) is 83.8. The van der Waals surface area contributed by atoms with Crippen molar-refractivity contribution in [1.82, 2.24) is 9.13 Å². The first-order valence-electron chi connectivity index (χ1n) is 23.7. The fraction of sp³-hybridized carbons (Fsp3) is 0. The van der Waals surface area contributed by atoms with Gasteiger partial charge in [0, 0.05) is 66.8 Å². The number of hydrogen-bond donors (Lipinski definition) is 0. The quantitative estimate of drug-likeness (QED) is 0.123. The van der Waals surface area contributed by atoms with Crippen molar-refractivity contribution in [1.29, 1.82) is 0 Å². The lowest BCUT2D eigenvalue weighted by Crippen LogP contribution is -2.09. The third-order valence-electron chi connectivity index (χ3n) is 14.1. The fourth-order valence-corrected chi connectivity index (χ4v) is 11.0. The predicted molar refractivity (Wildman–Crippen MR) is 288 cm³/mol. The van der Waals surface area contributed by atoms with Gasteiger partial charge in [0.15, 0.2) is 11.2 Å². The average molecular weight is 898 g/mol. The Morgan fingerprint density at radius 2 is 0.829 bits per heavy atom. The lowest BCUT2D eigenvalue weighted by Gasteiger charge is -2.25. The molecule has 6 bridgehead atoms. The Morgan fingerprint density at radius 3 is 1.54 bits per heavy atom. The van der Waals surface area contributed by atoms with E-state index in [4.69, 9.17) is 13.3 Å². The van der Waals surface area contributed by atoms with E-state index >= 15 is 0 Å². The van der Waals surface area contributed by atoms with E-state index in [1.807, 2.05) is 6.07 Å². The van der Waals surface area contributed by atoms with Crippen LogP contribution < -0.4 is 4.90 Å². The van der Waals surface area contributed by atoms with Gasteiger partial charge >= 0.3 is 0 Å². The monoisotopic (exact) mass is 897 g/mol. The van der Waals surface area contributed by atoms with Crippen molar-refractivity contribution in [3.8, 4) is 22.5 Å². The molecule has 0 spiro atoms. The molecule has 70 heavy (non-hydrogen) atoms. The van der Waals surface area contributed by atoms with Gasteiger partial charge in [0.2, 0.25) is 0 Å². The Bertz CT molecular complexity index is 4540. The van der Waals surface area contributed by atoms with E-state index < -0.39 is 0 Å². The van der Waals surface area contributed by atoms with Crippen LogP contribution in [-0.4, -0.2) is 9.13 Å². The Labute approximate surface area is 400 Å². The molecule has 0 atom stereocenters. The molecule has 0 amide bonds. The molecule has 6 heteroatoms. The zero-order valence-corrected chi connectivity index (χ0v) is 37.6. The number of rotatable bonds is 6. The first kappa shape index (κ1) is 38.6. The van der Waals surface area contributed by atoms with Crippen LogP contribution in [0.4, 0.5) is 17.1 Å². The van der Waals surface area contributed by atoms with E-state index in [2.05, 4.69) is 245 Å². The van der Waals surface area contributed by atoms with Crippen LogP contribution in [0, 0.1) is 0 Å². The molecule has 6 nitrogen and oxygen atoms in total. The SMILES string of the molecule is c1ccc(N(c2ccccc2)c2ccc3oc4ccc(-c5cc6c7oc8c(cccc8n6-c6ccccc6)n(-c6ccccc6)c6cc8oc9ccccc9c8cc6c6cccc5c67)cc4c3c2)cc1. The average Bonchev–Trinajstić information content (AvgIpc) is 3.99. The van der Waals surface area contributed by atoms with Crippen LogP contribution in [0.3, 0.4) is 0 Å². The minimum Gasteiger partial charge on any atom is -0.456 e. The van der Waals surface area contributed by atoms with E-state index in [1.54, 1.807) is 0 Å². The molecule has 0 fully saturated rings. The molecular formula is C64H39N3O3. The smallest absolute Gasteiger partial charge is 0.175 e. The maximum Gasteiger partial charge on any atom is 0.175 e. The van der Waals surface area contributed by atoms with Crippen molar-refractivity contribution >= 4 is 116 Å². The van der Waals surface area contributed by atoms with Gasteiger partial charge in [-0.3, -0.25) is 0 Å². The Morgan fingerprint density at radius 1 is 0.286 bits per heavy atom. The van der Waals surface area contributed by atoms with Gasteiger partial charge in [-0.15, -0.1) is 0 Å². The number of furan rings is 2. The van der Waals surface area contributed by atoms with Gasteiger partial charge < -0.3 is 27.3 Å². The second kappa shape index (κ2) is 15.0. The molecular weight excluding hydrogens is 859 g/mol. The maximum atomic E-state index is 7.51. The highest BCUT2D eigenvalue weighted by Gasteiger charge is 2.23. The second-order valence-electron chi connectivity index (χ2n) is 18.0. The molecule has 0 unspecified atom stereocenters. The summed E-state index contributed by atoms with van der Waals surface area (Å²) in [6.07, 6.45) is 0. The molecule has 0 aliphatic rings. The normalized spacial score (nSPS) is 12.0. The van der Waals surface area contributed by atoms with E-state index in [9.17, 15) is 0 Å². The third-order valence-corrected chi connectivity index (χ3v) is 14.1. The predicted octanol–water partition coefficient (Wildman–Crippen LogP) is 18.1. The molecule has 4 aromatic heterocycles. The first-order valence-corrected chi connectivity index (χ1v) is 23.7. The summed E-state index contributed by atoms with van der Waals surface area (Å²) in [5, 5.41) is 8.45. The van der Waals surface area contributed by atoms with E-state index in [0.29, 0.717) is 0 Å². The summed E-state index contributed by atoms with van der Waals surface area (Å²) >= 11 is 0. The number of nitrogens with zero attached hydrogens (tertiary/aromatic N) is 3. The summed E-state index contributed by atoms with van der Waals surface area (Å²) in [5.41, 5.74) is 16.1. The van der Waals surface area contributed by atoms with Gasteiger partial charge in [0.1, 0.15) is 22.3 Å². The number of anilines is 3. The van der Waals surface area contributed by atoms with Gasteiger partial charge in [0.25, 0.3) is 0 Å². The van der Waals surface area contributed by atoms with Gasteiger partial charge in [-0.25, -0.2) is 0 Å². The van der Waals surface area contributed by atoms with Crippen LogP contribution in [0.2, 0.25) is 0 Å². The highest BCUT2D eigenvalue weighted by atomic mass is 16.3. The van der Waals surface area contributed by atoms with Crippen molar-refractivity contribution in [3.63, 3.8) is 0 Å². The molecule has 0 saturated carbocycles. The topological polar surface area (TPSA) is 52.5 Å². The lowest BCUT2D eigenvalue weighted by molar-refractivity contribution is 0.659. The van der Waals surface area contributed by atoms with E-state index in [1.165, 1.54) is 0 Å². The summed E-state index contributed by atoms with van der Waals surface area (Å²) in [5.74, 6) is 0. The first-order chi connectivity index (χ1) is 34.7. The number of hydrogen-bond acceptors (Lipinski definition) is 4. The number of aromatic nitrogens is 2. The fourth-order valence-electron chi connectivity index (χ4n) is 11.0. The number of para-hydroxylation sites is 6. The zero-order chi connectivity index (χ0) is 45.9. The van der Waals surface area contributed by atoms with Gasteiger partial charge in [-0.1, -0.05) is 121 Å². The van der Waals surface area contributed by atoms with Gasteiger partial charge in [-0.05, 0) is 131 Å². The van der Waals surface area contributed by atoms with Crippen LogP contribution in [0.15, 0.2) is 250 Å². The van der Waals surface area contributed by atoms with Crippen LogP contribution >= 0.6 is 0 Å². The standard InChI is InChI=1S/C64H39N3O3/c1-5-17-41(18-6-1)65(42-19-7-2-8-20-42)45-32-34-60-52(36-45)51-35-40(31-33-59(51)68-60)49-38-57-64-62-47(49)26-15-27-48(62)50-37-53-46-25-13-14-30-58(46)69-61(53)39-56(50)66(43-21-9-3-10-22-43)54-28-16-29-55(63(54)70-64)67(57)44-23-11-4-12-24-44/h1-39H. The third kappa shape index (κ3) is 5.74. The molecule has 0 aliphatic carbocycles. The van der Waals surface area contributed by atoms with Crippen molar-refractivity contribution in [3.05, 3.63) is 237 Å². The number of benzene rings is 11. The van der Waals surface area contributed by atoms with E-state index in [-0.39, 0.29) is 0 Å². The van der Waals surface area contributed by atoms with Crippen molar-refractivity contribution in [2.24, 2.45) is 0 Å². The molecule has 0 aliphatic heterocycles. The molecule has 328 valence electrons. The molecule has 0 N–H and O–H groups in total. The van der Waals surface area contributed by atoms with Crippen LogP contribution in [0.5, 0.6) is 0 Å². The largest absolute Gasteiger partial charge is 0.456 e. The van der Waals surface area contributed by atoms with Gasteiger partial charge in [0.05, 0.1) is 22.1 Å². The molecule has 0 radical (unpaired) electrons. The summed E-state index contributed by atoms with van der Waals surface area (Å²) < 4.78 is 25.5. The maximum absolute atomic E-state index is 7.51. The minimum absolute atomic E-state index is 0.770. The molecule has 15 aromatic rings. The molecule has 11 aromatic carbocycles. The summed E-state index contributed by atoms with van der Waals surface area (Å²) in [6.45, 7) is 0. The Balaban J connectivity index is 1.09. The molecule has 15 rings (SSSR count). The summed E-state index contributed by atoms with van der Waals surface area (Å²) in [4.78, 5) is 2.30. The highest BCUT2D eigenvalue weighted by molar-refractivity contribution is 6.26.